The van der Waals surface area contributed by atoms with Crippen molar-refractivity contribution in [3.8, 4) is 0 Å². The third-order valence-electron chi connectivity index (χ3n) is 7.17. The lowest BCUT2D eigenvalue weighted by Crippen LogP contribution is -2.52. The van der Waals surface area contributed by atoms with Crippen LogP contribution in [-0.2, 0) is 32.6 Å². The first kappa shape index (κ1) is 33.6. The van der Waals surface area contributed by atoms with E-state index in [1.165, 1.54) is 4.31 Å². The molecule has 0 saturated heterocycles. The number of hydrogen-bond acceptors (Lipinski definition) is 4. The zero-order valence-corrected chi connectivity index (χ0v) is 27.7. The highest BCUT2D eigenvalue weighted by atomic mass is 79.9. The number of rotatable bonds is 14. The quantitative estimate of drug-likeness (QED) is 0.211. The van der Waals surface area contributed by atoms with Gasteiger partial charge in [0.1, 0.15) is 6.04 Å². The van der Waals surface area contributed by atoms with Gasteiger partial charge in [0.2, 0.25) is 21.8 Å². The second kappa shape index (κ2) is 15.5. The summed E-state index contributed by atoms with van der Waals surface area (Å²) in [4.78, 5) is 29.3. The molecule has 0 aliphatic heterocycles. The van der Waals surface area contributed by atoms with Gasteiger partial charge in [-0.25, -0.2) is 8.42 Å². The van der Waals surface area contributed by atoms with Gasteiger partial charge in [-0.3, -0.25) is 13.9 Å². The van der Waals surface area contributed by atoms with Gasteiger partial charge in [-0.15, -0.1) is 0 Å². The smallest absolute Gasteiger partial charge is 0.243 e. The Morgan fingerprint density at radius 2 is 1.67 bits per heavy atom. The van der Waals surface area contributed by atoms with Crippen LogP contribution in [-0.4, -0.2) is 50.0 Å². The Bertz CT molecular complexity index is 1470. The van der Waals surface area contributed by atoms with Gasteiger partial charge in [0.25, 0.3) is 0 Å². The van der Waals surface area contributed by atoms with E-state index < -0.39 is 16.1 Å². The molecule has 0 spiro atoms. The molecule has 0 unspecified atom stereocenters. The largest absolute Gasteiger partial charge is 0.352 e. The van der Waals surface area contributed by atoms with Gasteiger partial charge in [-0.1, -0.05) is 83.0 Å². The van der Waals surface area contributed by atoms with Crippen LogP contribution < -0.4 is 9.62 Å². The molecular formula is C32H39BrClN3O4S. The number of sulfonamides is 1. The first-order valence-electron chi connectivity index (χ1n) is 14.0. The summed E-state index contributed by atoms with van der Waals surface area (Å²) in [5, 5.41) is 3.53. The standard InChI is InChI=1S/C32H39BrClN3O4S/c1-5-23(2)35-32(39)30(21-25-12-7-6-8-13-25)36(22-26-14-9-15-27(33)20-26)31(38)18-11-19-37(42(4,40)41)29-17-10-16-28(34)24(29)3/h6-10,12-17,20,23,30H,5,11,18-19,21-22H2,1-4H3,(H,35,39)/t23-,30+/m1/s1. The van der Waals surface area contributed by atoms with Gasteiger partial charge in [0.05, 0.1) is 11.9 Å². The summed E-state index contributed by atoms with van der Waals surface area (Å²) in [6.07, 6.45) is 2.57. The molecule has 0 aromatic heterocycles. The van der Waals surface area contributed by atoms with Crippen LogP contribution in [0.2, 0.25) is 5.02 Å². The molecule has 10 heteroatoms. The molecule has 0 saturated carbocycles. The lowest BCUT2D eigenvalue weighted by Gasteiger charge is -2.33. The number of benzene rings is 3. The van der Waals surface area contributed by atoms with Crippen LogP contribution in [0.5, 0.6) is 0 Å². The molecule has 2 atom stereocenters. The molecule has 3 rings (SSSR count). The number of anilines is 1. The van der Waals surface area contributed by atoms with E-state index in [2.05, 4.69) is 21.2 Å². The topological polar surface area (TPSA) is 86.8 Å². The fourth-order valence-electron chi connectivity index (χ4n) is 4.68. The summed E-state index contributed by atoms with van der Waals surface area (Å²) in [7, 11) is -3.64. The Hall–Kier alpha value is -2.88. The first-order chi connectivity index (χ1) is 19.9. The summed E-state index contributed by atoms with van der Waals surface area (Å²) in [6, 6.07) is 21.6. The van der Waals surface area contributed by atoms with Crippen molar-refractivity contribution in [2.75, 3.05) is 17.1 Å². The summed E-state index contributed by atoms with van der Waals surface area (Å²) in [5.41, 5.74) is 2.95. The van der Waals surface area contributed by atoms with Crippen LogP contribution in [0.1, 0.15) is 49.8 Å². The first-order valence-corrected chi connectivity index (χ1v) is 17.0. The van der Waals surface area contributed by atoms with Crippen molar-refractivity contribution in [2.45, 2.75) is 65.1 Å². The minimum Gasteiger partial charge on any atom is -0.352 e. The number of hydrogen-bond donors (Lipinski definition) is 1. The molecule has 3 aromatic carbocycles. The molecule has 0 aliphatic rings. The monoisotopic (exact) mass is 675 g/mol. The second-order valence-corrected chi connectivity index (χ2v) is 13.7. The van der Waals surface area contributed by atoms with Gasteiger partial charge in [0, 0.05) is 41.5 Å². The van der Waals surface area contributed by atoms with E-state index in [1.807, 2.05) is 68.4 Å². The van der Waals surface area contributed by atoms with E-state index in [-0.39, 0.29) is 43.8 Å². The third-order valence-corrected chi connectivity index (χ3v) is 9.26. The average molecular weight is 677 g/mol. The molecule has 226 valence electrons. The highest BCUT2D eigenvalue weighted by Crippen LogP contribution is 2.28. The molecule has 2 amide bonds. The van der Waals surface area contributed by atoms with Crippen molar-refractivity contribution in [3.05, 3.63) is 99.0 Å². The van der Waals surface area contributed by atoms with E-state index in [9.17, 15) is 18.0 Å². The molecule has 0 bridgehead atoms. The molecule has 42 heavy (non-hydrogen) atoms. The molecule has 0 aliphatic carbocycles. The lowest BCUT2D eigenvalue weighted by atomic mass is 10.0. The third kappa shape index (κ3) is 9.57. The minimum atomic E-state index is -3.64. The Kier molecular flexibility index (Phi) is 12.4. The predicted molar refractivity (Wildman–Crippen MR) is 174 cm³/mol. The Morgan fingerprint density at radius 3 is 2.31 bits per heavy atom. The van der Waals surface area contributed by atoms with Gasteiger partial charge < -0.3 is 10.2 Å². The maximum atomic E-state index is 14.0. The highest BCUT2D eigenvalue weighted by molar-refractivity contribution is 9.10. The van der Waals surface area contributed by atoms with Crippen molar-refractivity contribution in [1.29, 1.82) is 0 Å². The molecule has 1 N–H and O–H groups in total. The summed E-state index contributed by atoms with van der Waals surface area (Å²) >= 11 is 9.78. The van der Waals surface area contributed by atoms with E-state index in [0.29, 0.717) is 22.7 Å². The minimum absolute atomic E-state index is 0.0529. The normalized spacial score (nSPS) is 12.8. The van der Waals surface area contributed by atoms with E-state index in [0.717, 1.165) is 28.3 Å². The molecule has 0 heterocycles. The fourth-order valence-corrected chi connectivity index (χ4v) is 6.31. The van der Waals surface area contributed by atoms with Gasteiger partial charge in [-0.05, 0) is 67.6 Å². The molecule has 0 fully saturated rings. The number of amides is 2. The second-order valence-electron chi connectivity index (χ2n) is 10.5. The molecular weight excluding hydrogens is 638 g/mol. The summed E-state index contributed by atoms with van der Waals surface area (Å²) in [6.45, 7) is 6.03. The number of carbonyl (C=O) groups excluding carboxylic acids is 2. The average Bonchev–Trinajstić information content (AvgIpc) is 2.94. The SMILES string of the molecule is CC[C@@H](C)NC(=O)[C@H](Cc1ccccc1)N(Cc1cccc(Br)c1)C(=O)CCCN(c1cccc(Cl)c1C)S(C)(=O)=O. The molecule has 3 aromatic rings. The van der Waals surface area contributed by atoms with Crippen LogP contribution in [0.3, 0.4) is 0 Å². The van der Waals surface area contributed by atoms with Gasteiger partial charge in [0.15, 0.2) is 0 Å². The van der Waals surface area contributed by atoms with Crippen LogP contribution in [0, 0.1) is 6.92 Å². The van der Waals surface area contributed by atoms with Gasteiger partial charge >= 0.3 is 0 Å². The Labute approximate surface area is 263 Å². The number of nitrogens with zero attached hydrogens (tertiary/aromatic N) is 2. The molecule has 0 radical (unpaired) electrons. The Balaban J connectivity index is 1.91. The highest BCUT2D eigenvalue weighted by Gasteiger charge is 2.31. The summed E-state index contributed by atoms with van der Waals surface area (Å²) < 4.78 is 27.6. The van der Waals surface area contributed by atoms with Crippen molar-refractivity contribution in [3.63, 3.8) is 0 Å². The number of halogens is 2. The van der Waals surface area contributed by atoms with Crippen LogP contribution in [0.15, 0.2) is 77.3 Å². The van der Waals surface area contributed by atoms with Crippen LogP contribution in [0.4, 0.5) is 5.69 Å². The van der Waals surface area contributed by atoms with Crippen molar-refractivity contribution in [2.24, 2.45) is 0 Å². The van der Waals surface area contributed by atoms with Gasteiger partial charge in [-0.2, -0.15) is 0 Å². The molecule has 7 nitrogen and oxygen atoms in total. The van der Waals surface area contributed by atoms with E-state index in [4.69, 9.17) is 11.6 Å². The number of carbonyl (C=O) groups is 2. The lowest BCUT2D eigenvalue weighted by molar-refractivity contribution is -0.141. The van der Waals surface area contributed by atoms with E-state index >= 15 is 0 Å². The fraction of sp³-hybridized carbons (Fsp3) is 0.375. The van der Waals surface area contributed by atoms with E-state index in [1.54, 1.807) is 30.0 Å². The van der Waals surface area contributed by atoms with Crippen molar-refractivity contribution < 1.29 is 18.0 Å². The predicted octanol–water partition coefficient (Wildman–Crippen LogP) is 6.51. The van der Waals surface area contributed by atoms with Crippen molar-refractivity contribution in [1.82, 2.24) is 10.2 Å². The van der Waals surface area contributed by atoms with Crippen LogP contribution >= 0.6 is 27.5 Å². The summed E-state index contributed by atoms with van der Waals surface area (Å²) in [5.74, 6) is -0.449. The van der Waals surface area contributed by atoms with Crippen LogP contribution in [0.25, 0.3) is 0 Å². The van der Waals surface area contributed by atoms with Crippen molar-refractivity contribution >= 4 is 55.1 Å². The zero-order chi connectivity index (χ0) is 30.9. The zero-order valence-electron chi connectivity index (χ0n) is 24.5. The maximum absolute atomic E-state index is 14.0. The maximum Gasteiger partial charge on any atom is 0.243 e. The Morgan fingerprint density at radius 1 is 1.00 bits per heavy atom. The number of nitrogens with one attached hydrogen (secondary N) is 1.